The fourth-order valence-corrected chi connectivity index (χ4v) is 5.05. The van der Waals surface area contributed by atoms with Gasteiger partial charge in [0.15, 0.2) is 12.2 Å². The Morgan fingerprint density at radius 1 is 1.16 bits per heavy atom. The van der Waals surface area contributed by atoms with E-state index in [9.17, 15) is 14.0 Å². The third kappa shape index (κ3) is 6.54. The molecule has 2 aliphatic rings. The number of ether oxygens (including phenoxy) is 3. The minimum absolute atomic E-state index is 0.0626. The Balaban J connectivity index is 1.49. The van der Waals surface area contributed by atoms with Gasteiger partial charge in [-0.1, -0.05) is 29.8 Å². The van der Waals surface area contributed by atoms with E-state index in [4.69, 9.17) is 25.8 Å². The van der Waals surface area contributed by atoms with Gasteiger partial charge in [-0.25, -0.2) is 4.39 Å². The zero-order chi connectivity index (χ0) is 26.4. The molecule has 37 heavy (non-hydrogen) atoms. The molecule has 4 rings (SSSR count). The van der Waals surface area contributed by atoms with E-state index >= 15 is 0 Å². The number of halogens is 2. The third-order valence-corrected chi connectivity index (χ3v) is 7.19. The van der Waals surface area contributed by atoms with Crippen molar-refractivity contribution in [3.05, 3.63) is 58.9 Å². The Kier molecular flexibility index (Phi) is 8.92. The van der Waals surface area contributed by atoms with Crippen molar-refractivity contribution in [1.82, 2.24) is 9.80 Å². The topological polar surface area (TPSA) is 68.3 Å². The Labute approximate surface area is 222 Å². The molecule has 1 saturated heterocycles. The lowest BCUT2D eigenvalue weighted by atomic mass is 9.90. The maximum Gasteiger partial charge on any atom is 0.260 e. The summed E-state index contributed by atoms with van der Waals surface area (Å²) in [4.78, 5) is 30.5. The van der Waals surface area contributed by atoms with Crippen LogP contribution in [0.4, 0.5) is 4.39 Å². The smallest absolute Gasteiger partial charge is 0.260 e. The average Bonchev–Trinajstić information content (AvgIpc) is 2.89. The number of hydrogen-bond acceptors (Lipinski definition) is 5. The molecule has 0 aliphatic carbocycles. The Morgan fingerprint density at radius 2 is 1.97 bits per heavy atom. The number of nitrogens with zero attached hydrogens (tertiary/aromatic N) is 2. The molecule has 2 amide bonds. The molecular weight excluding hydrogens is 499 g/mol. The van der Waals surface area contributed by atoms with Crippen LogP contribution in [0.25, 0.3) is 0 Å². The molecule has 0 bridgehead atoms. The average molecular weight is 533 g/mol. The molecule has 2 aromatic rings. The normalized spacial score (nSPS) is 21.2. The fraction of sp³-hybridized carbons (Fsp3) is 0.500. The summed E-state index contributed by atoms with van der Waals surface area (Å²) in [5, 5.41) is -0.0746. The van der Waals surface area contributed by atoms with E-state index in [-0.39, 0.29) is 42.6 Å². The zero-order valence-electron chi connectivity index (χ0n) is 21.4. The first kappa shape index (κ1) is 27.2. The van der Waals surface area contributed by atoms with Gasteiger partial charge in [0.05, 0.1) is 24.7 Å². The summed E-state index contributed by atoms with van der Waals surface area (Å²) in [5.74, 6) is 0.220. The molecule has 0 saturated carbocycles. The highest BCUT2D eigenvalue weighted by Crippen LogP contribution is 2.30. The summed E-state index contributed by atoms with van der Waals surface area (Å²) in [6.45, 7) is 5.25. The van der Waals surface area contributed by atoms with Crippen molar-refractivity contribution in [3.63, 3.8) is 0 Å². The van der Waals surface area contributed by atoms with Gasteiger partial charge in [-0.3, -0.25) is 9.59 Å². The van der Waals surface area contributed by atoms with Crippen LogP contribution in [-0.2, 0) is 20.7 Å². The molecule has 2 aliphatic heterocycles. The second-order valence-corrected chi connectivity index (χ2v) is 10.2. The maximum absolute atomic E-state index is 14.0. The van der Waals surface area contributed by atoms with Gasteiger partial charge in [-0.15, -0.1) is 0 Å². The third-order valence-electron chi connectivity index (χ3n) is 6.90. The molecule has 9 heteroatoms. The van der Waals surface area contributed by atoms with Gasteiger partial charge in [0.25, 0.3) is 11.8 Å². The van der Waals surface area contributed by atoms with E-state index in [0.717, 1.165) is 30.6 Å². The second-order valence-electron chi connectivity index (χ2n) is 9.78. The van der Waals surface area contributed by atoms with Crippen LogP contribution in [0.3, 0.4) is 0 Å². The van der Waals surface area contributed by atoms with Crippen molar-refractivity contribution in [2.75, 3.05) is 39.5 Å². The van der Waals surface area contributed by atoms with Gasteiger partial charge in [-0.05, 0) is 63.3 Å². The van der Waals surface area contributed by atoms with E-state index in [0.29, 0.717) is 31.9 Å². The van der Waals surface area contributed by atoms with Crippen LogP contribution in [0.5, 0.6) is 11.5 Å². The molecule has 200 valence electrons. The Bertz CT molecular complexity index is 1110. The minimum atomic E-state index is -1.13. The maximum atomic E-state index is 14.0. The number of para-hydroxylation sites is 1. The van der Waals surface area contributed by atoms with Crippen LogP contribution in [0.1, 0.15) is 38.7 Å². The van der Waals surface area contributed by atoms with Crippen LogP contribution in [0.15, 0.2) is 42.5 Å². The Morgan fingerprint density at radius 3 is 2.76 bits per heavy atom. The standard InChI is InChI=1S/C28H34ClFN2O5/c1-20(2)32-14-15-35-25-9-4-3-7-21(25)8-5-6-12-28(27(32)34)19-31(13-16-37-28)26(33)18-36-22-10-11-24(30)23(29)17-22/h3-4,7,9-11,17,20H,5-6,8,12-16,18-19H2,1-2H3. The number of amides is 2. The van der Waals surface area contributed by atoms with Gasteiger partial charge in [0.2, 0.25) is 0 Å². The van der Waals surface area contributed by atoms with Gasteiger partial charge >= 0.3 is 0 Å². The van der Waals surface area contributed by atoms with Gasteiger partial charge in [-0.2, -0.15) is 0 Å². The lowest BCUT2D eigenvalue weighted by molar-refractivity contribution is -0.178. The lowest BCUT2D eigenvalue weighted by Crippen LogP contribution is -2.63. The van der Waals surface area contributed by atoms with Crippen LogP contribution in [-0.4, -0.2) is 72.7 Å². The summed E-state index contributed by atoms with van der Waals surface area (Å²) < 4.78 is 31.3. The van der Waals surface area contributed by atoms with Crippen molar-refractivity contribution in [3.8, 4) is 11.5 Å². The van der Waals surface area contributed by atoms with Gasteiger partial charge in [0, 0.05) is 18.7 Å². The minimum Gasteiger partial charge on any atom is -0.491 e. The molecule has 0 radical (unpaired) electrons. The van der Waals surface area contributed by atoms with Crippen LogP contribution >= 0.6 is 11.6 Å². The summed E-state index contributed by atoms with van der Waals surface area (Å²) in [6, 6.07) is 11.9. The summed E-state index contributed by atoms with van der Waals surface area (Å²) >= 11 is 5.82. The number of morpholine rings is 1. The molecule has 7 nitrogen and oxygen atoms in total. The van der Waals surface area contributed by atoms with Crippen molar-refractivity contribution in [2.24, 2.45) is 0 Å². The van der Waals surface area contributed by atoms with Crippen LogP contribution in [0.2, 0.25) is 5.02 Å². The van der Waals surface area contributed by atoms with Crippen LogP contribution < -0.4 is 9.47 Å². The molecular formula is C28H34ClFN2O5. The SMILES string of the molecule is CC(C)N1CCOc2ccccc2CCCCC2(CN(C(=O)COc3ccc(F)c(Cl)c3)CCO2)C1=O. The molecule has 1 fully saturated rings. The molecule has 1 unspecified atom stereocenters. The van der Waals surface area contributed by atoms with Crippen LogP contribution in [0, 0.1) is 5.82 Å². The summed E-state index contributed by atoms with van der Waals surface area (Å²) in [6.07, 6.45) is 2.97. The molecule has 2 aromatic carbocycles. The summed E-state index contributed by atoms with van der Waals surface area (Å²) in [5.41, 5.74) is 0.0229. The predicted octanol–water partition coefficient (Wildman–Crippen LogP) is 4.50. The lowest BCUT2D eigenvalue weighted by Gasteiger charge is -2.45. The number of rotatable bonds is 4. The highest BCUT2D eigenvalue weighted by atomic mass is 35.5. The molecule has 2 heterocycles. The van der Waals surface area contributed by atoms with E-state index in [1.165, 1.54) is 18.2 Å². The number of hydrogen-bond donors (Lipinski definition) is 0. The second kappa shape index (κ2) is 12.1. The highest BCUT2D eigenvalue weighted by molar-refractivity contribution is 6.30. The number of carbonyl (C=O) groups is 2. The number of carbonyl (C=O) groups excluding carboxylic acids is 2. The van der Waals surface area contributed by atoms with E-state index in [1.54, 1.807) is 9.80 Å². The first-order valence-electron chi connectivity index (χ1n) is 12.8. The monoisotopic (exact) mass is 532 g/mol. The van der Waals surface area contributed by atoms with E-state index in [1.807, 2.05) is 32.0 Å². The summed E-state index contributed by atoms with van der Waals surface area (Å²) in [7, 11) is 0. The Hall–Kier alpha value is -2.84. The predicted molar refractivity (Wildman–Crippen MR) is 139 cm³/mol. The fourth-order valence-electron chi connectivity index (χ4n) is 4.87. The van der Waals surface area contributed by atoms with Crippen molar-refractivity contribution in [2.45, 2.75) is 51.2 Å². The van der Waals surface area contributed by atoms with Gasteiger partial charge in [0.1, 0.15) is 23.9 Å². The first-order chi connectivity index (χ1) is 17.8. The van der Waals surface area contributed by atoms with E-state index < -0.39 is 11.4 Å². The molecule has 1 atom stereocenters. The van der Waals surface area contributed by atoms with Gasteiger partial charge < -0.3 is 24.0 Å². The molecule has 0 aromatic heterocycles. The number of benzene rings is 2. The number of fused-ring (bicyclic) bond motifs is 1. The largest absolute Gasteiger partial charge is 0.491 e. The highest BCUT2D eigenvalue weighted by Gasteiger charge is 2.47. The number of aryl methyl sites for hydroxylation is 1. The quantitative estimate of drug-likeness (QED) is 0.580. The zero-order valence-corrected chi connectivity index (χ0v) is 22.1. The van der Waals surface area contributed by atoms with Crippen molar-refractivity contribution in [1.29, 1.82) is 0 Å². The molecule has 0 N–H and O–H groups in total. The van der Waals surface area contributed by atoms with Crippen molar-refractivity contribution >= 4 is 23.4 Å². The molecule has 1 spiro atoms. The van der Waals surface area contributed by atoms with E-state index in [2.05, 4.69) is 6.07 Å². The first-order valence-corrected chi connectivity index (χ1v) is 13.2. The van der Waals surface area contributed by atoms with Crippen molar-refractivity contribution < 1.29 is 28.2 Å².